The maximum absolute atomic E-state index is 14.5. The summed E-state index contributed by atoms with van der Waals surface area (Å²) in [4.78, 5) is 19.8. The van der Waals surface area contributed by atoms with Crippen LogP contribution in [0.15, 0.2) is 36.4 Å². The molecule has 40 heavy (non-hydrogen) atoms. The zero-order chi connectivity index (χ0) is 28.5. The molecule has 0 saturated carbocycles. The van der Waals surface area contributed by atoms with E-state index in [2.05, 4.69) is 15.1 Å². The van der Waals surface area contributed by atoms with Crippen LogP contribution in [0.1, 0.15) is 30.9 Å². The van der Waals surface area contributed by atoms with E-state index in [1.807, 2.05) is 30.0 Å². The molecule has 10 heteroatoms. The maximum Gasteiger partial charge on any atom is 0.239 e. The third-order valence-electron chi connectivity index (χ3n) is 8.09. The number of nitrogens with two attached hydrogens (primary N) is 2. The Kier molecular flexibility index (Phi) is 11.4. The van der Waals surface area contributed by atoms with Crippen LogP contribution >= 0.6 is 11.6 Å². The number of benzene rings is 2. The minimum atomic E-state index is -0.482. The summed E-state index contributed by atoms with van der Waals surface area (Å²) in [5, 5.41) is 4.12. The fourth-order valence-corrected chi connectivity index (χ4v) is 5.90. The van der Waals surface area contributed by atoms with Gasteiger partial charge in [0.25, 0.3) is 0 Å². The van der Waals surface area contributed by atoms with Crippen molar-refractivity contribution in [1.82, 2.24) is 14.7 Å². The molecule has 2 aromatic rings. The molecule has 220 valence electrons. The van der Waals surface area contributed by atoms with Crippen molar-refractivity contribution < 1.29 is 13.9 Å². The van der Waals surface area contributed by atoms with Gasteiger partial charge in [0, 0.05) is 68.6 Å². The molecule has 0 aliphatic carbocycles. The zero-order valence-corrected chi connectivity index (χ0v) is 24.3. The number of ether oxygens (including phenoxy) is 1. The van der Waals surface area contributed by atoms with E-state index in [0.717, 1.165) is 56.2 Å². The predicted molar refractivity (Wildman–Crippen MR) is 159 cm³/mol. The third-order valence-corrected chi connectivity index (χ3v) is 8.33. The number of carbonyl (C=O) groups is 1. The lowest BCUT2D eigenvalue weighted by molar-refractivity contribution is -0.136. The lowest BCUT2D eigenvalue weighted by atomic mass is 9.88. The second kappa shape index (κ2) is 15.0. The molecule has 0 bridgehead atoms. The number of piperidine rings is 1. The smallest absolute Gasteiger partial charge is 0.239 e. The lowest BCUT2D eigenvalue weighted by Crippen LogP contribution is -2.55. The third kappa shape index (κ3) is 8.07. The van der Waals surface area contributed by atoms with Gasteiger partial charge in [-0.05, 0) is 81.1 Å². The standard InChI is InChI=1S/C30H44ClFN6O2/c1-2-40-28-5-3-4-26(32)25(28)21-37-16-18-38(19-17-37)30(39)29(34)22-8-13-36(14-9-22)15-10-23-20-24(31)6-7-27(23)35-12-11-33/h3-7,20,22,29,35H,2,8-19,21,33-34H2,1H3/t29-/m1/s1. The van der Waals surface area contributed by atoms with Crippen LogP contribution in [0.4, 0.5) is 10.1 Å². The van der Waals surface area contributed by atoms with Gasteiger partial charge in [0.05, 0.1) is 12.6 Å². The van der Waals surface area contributed by atoms with Gasteiger partial charge in [-0.2, -0.15) is 0 Å². The Hall–Kier alpha value is -2.43. The van der Waals surface area contributed by atoms with E-state index in [-0.39, 0.29) is 17.6 Å². The second-order valence-electron chi connectivity index (χ2n) is 10.7. The number of halogens is 2. The molecule has 0 spiro atoms. The van der Waals surface area contributed by atoms with E-state index >= 15 is 0 Å². The van der Waals surface area contributed by atoms with Crippen molar-refractivity contribution in [1.29, 1.82) is 0 Å². The van der Waals surface area contributed by atoms with Gasteiger partial charge in [-0.3, -0.25) is 9.69 Å². The average Bonchev–Trinajstić information content (AvgIpc) is 2.97. The summed E-state index contributed by atoms with van der Waals surface area (Å²) >= 11 is 6.25. The Morgan fingerprint density at radius 1 is 1.12 bits per heavy atom. The number of piperazine rings is 1. The van der Waals surface area contributed by atoms with Crippen LogP contribution in [0.3, 0.4) is 0 Å². The van der Waals surface area contributed by atoms with Crippen LogP contribution in [-0.4, -0.2) is 92.2 Å². The number of rotatable bonds is 12. The van der Waals surface area contributed by atoms with Gasteiger partial charge < -0.3 is 31.3 Å². The fraction of sp³-hybridized carbons (Fsp3) is 0.567. The second-order valence-corrected chi connectivity index (χ2v) is 11.2. The van der Waals surface area contributed by atoms with Gasteiger partial charge in [-0.25, -0.2) is 4.39 Å². The molecule has 0 unspecified atom stereocenters. The number of hydrogen-bond acceptors (Lipinski definition) is 7. The topological polar surface area (TPSA) is 100 Å². The SMILES string of the molecule is CCOc1cccc(F)c1CN1CCN(C(=O)[C@H](N)C2CCN(CCc3cc(Cl)ccc3NCCN)CC2)CC1. The molecule has 2 aliphatic rings. The number of anilines is 1. The Bertz CT molecular complexity index is 1110. The molecule has 4 rings (SSSR count). The first kappa shape index (κ1) is 30.5. The van der Waals surface area contributed by atoms with Gasteiger partial charge in [0.2, 0.25) is 5.91 Å². The van der Waals surface area contributed by atoms with Crippen LogP contribution in [-0.2, 0) is 17.8 Å². The molecule has 8 nitrogen and oxygen atoms in total. The van der Waals surface area contributed by atoms with Crippen LogP contribution < -0.4 is 21.5 Å². The Morgan fingerprint density at radius 3 is 2.58 bits per heavy atom. The summed E-state index contributed by atoms with van der Waals surface area (Å²) in [6.45, 7) is 9.51. The highest BCUT2D eigenvalue weighted by Crippen LogP contribution is 2.26. The average molecular weight is 575 g/mol. The number of carbonyl (C=O) groups excluding carboxylic acids is 1. The minimum Gasteiger partial charge on any atom is -0.493 e. The van der Waals surface area contributed by atoms with E-state index in [1.54, 1.807) is 12.1 Å². The highest BCUT2D eigenvalue weighted by Gasteiger charge is 2.33. The van der Waals surface area contributed by atoms with E-state index in [0.29, 0.717) is 57.2 Å². The quantitative estimate of drug-likeness (QED) is 0.358. The molecular formula is C30H44ClFN6O2. The van der Waals surface area contributed by atoms with Crippen molar-refractivity contribution in [3.05, 3.63) is 58.4 Å². The molecule has 2 fully saturated rings. The van der Waals surface area contributed by atoms with Crippen LogP contribution in [0.25, 0.3) is 0 Å². The van der Waals surface area contributed by atoms with Gasteiger partial charge in [-0.1, -0.05) is 17.7 Å². The normalized spacial score (nSPS) is 18.1. The molecule has 2 aromatic carbocycles. The monoisotopic (exact) mass is 574 g/mol. The van der Waals surface area contributed by atoms with Crippen molar-refractivity contribution in [3.63, 3.8) is 0 Å². The molecule has 5 N–H and O–H groups in total. The molecule has 2 aliphatic heterocycles. The van der Waals surface area contributed by atoms with Crippen molar-refractivity contribution in [2.45, 2.75) is 38.8 Å². The van der Waals surface area contributed by atoms with Gasteiger partial charge in [0.1, 0.15) is 11.6 Å². The van der Waals surface area contributed by atoms with Crippen LogP contribution in [0.2, 0.25) is 5.02 Å². The van der Waals surface area contributed by atoms with Crippen molar-refractivity contribution in [2.75, 3.05) is 70.8 Å². The van der Waals surface area contributed by atoms with Gasteiger partial charge in [-0.15, -0.1) is 0 Å². The predicted octanol–water partition coefficient (Wildman–Crippen LogP) is 3.17. The maximum atomic E-state index is 14.5. The summed E-state index contributed by atoms with van der Waals surface area (Å²) in [5.41, 5.74) is 15.0. The van der Waals surface area contributed by atoms with Crippen LogP contribution in [0, 0.1) is 11.7 Å². The minimum absolute atomic E-state index is 0.0357. The summed E-state index contributed by atoms with van der Waals surface area (Å²) in [5.74, 6) is 0.551. The van der Waals surface area contributed by atoms with Gasteiger partial charge in [0.15, 0.2) is 0 Å². The molecule has 1 amide bonds. The zero-order valence-electron chi connectivity index (χ0n) is 23.6. The fourth-order valence-electron chi connectivity index (χ4n) is 5.71. The number of nitrogens with one attached hydrogen (secondary N) is 1. The van der Waals surface area contributed by atoms with E-state index in [4.69, 9.17) is 27.8 Å². The number of nitrogens with zero attached hydrogens (tertiary/aromatic N) is 3. The van der Waals surface area contributed by atoms with E-state index < -0.39 is 6.04 Å². The van der Waals surface area contributed by atoms with Crippen molar-refractivity contribution in [3.8, 4) is 5.75 Å². The highest BCUT2D eigenvalue weighted by atomic mass is 35.5. The van der Waals surface area contributed by atoms with Gasteiger partial charge >= 0.3 is 0 Å². The lowest BCUT2D eigenvalue weighted by Gasteiger charge is -2.39. The van der Waals surface area contributed by atoms with E-state index in [1.165, 1.54) is 11.6 Å². The number of hydrogen-bond donors (Lipinski definition) is 3. The molecule has 1 atom stereocenters. The number of likely N-dealkylation sites (tertiary alicyclic amines) is 1. The first-order chi connectivity index (χ1) is 19.4. The first-order valence-electron chi connectivity index (χ1n) is 14.5. The molecule has 0 radical (unpaired) electrons. The summed E-state index contributed by atoms with van der Waals surface area (Å²) < 4.78 is 20.1. The van der Waals surface area contributed by atoms with Crippen molar-refractivity contribution >= 4 is 23.2 Å². The molecule has 2 saturated heterocycles. The molecule has 2 heterocycles. The molecule has 0 aromatic heterocycles. The van der Waals surface area contributed by atoms with Crippen molar-refractivity contribution in [2.24, 2.45) is 17.4 Å². The Balaban J connectivity index is 1.21. The van der Waals surface area contributed by atoms with E-state index in [9.17, 15) is 9.18 Å². The summed E-state index contributed by atoms with van der Waals surface area (Å²) in [6, 6.07) is 10.4. The number of amides is 1. The largest absolute Gasteiger partial charge is 0.493 e. The summed E-state index contributed by atoms with van der Waals surface area (Å²) in [7, 11) is 0. The Labute approximate surface area is 242 Å². The molecular weight excluding hydrogens is 531 g/mol. The first-order valence-corrected chi connectivity index (χ1v) is 14.9. The Morgan fingerprint density at radius 2 is 1.88 bits per heavy atom. The van der Waals surface area contributed by atoms with Crippen LogP contribution in [0.5, 0.6) is 5.75 Å². The summed E-state index contributed by atoms with van der Waals surface area (Å²) in [6.07, 6.45) is 2.72. The highest BCUT2D eigenvalue weighted by molar-refractivity contribution is 6.30.